The van der Waals surface area contributed by atoms with Crippen LogP contribution in [0.4, 0.5) is 5.69 Å². The van der Waals surface area contributed by atoms with Crippen LogP contribution < -0.4 is 5.32 Å². The first-order valence-electron chi connectivity index (χ1n) is 5.39. The fourth-order valence-corrected chi connectivity index (χ4v) is 1.58. The summed E-state index contributed by atoms with van der Waals surface area (Å²) in [6, 6.07) is 8.37. The molecule has 0 bridgehead atoms. The molecule has 1 rings (SSSR count). The Kier molecular flexibility index (Phi) is 7.54. The van der Waals surface area contributed by atoms with Crippen LogP contribution in [0.25, 0.3) is 0 Å². The summed E-state index contributed by atoms with van der Waals surface area (Å²) in [5.41, 5.74) is 1.16. The molecule has 0 aliphatic carbocycles. The standard InChI is InChI=1S/C12H18INO2/c1-15-9-10-16-8-2-7-14-12-5-3-11(13)4-6-12/h3-6,14H,2,7-10H2,1H3. The highest BCUT2D eigenvalue weighted by atomic mass is 127. The number of hydrogen-bond acceptors (Lipinski definition) is 3. The van der Waals surface area contributed by atoms with E-state index in [4.69, 9.17) is 9.47 Å². The lowest BCUT2D eigenvalue weighted by Gasteiger charge is -2.07. The van der Waals surface area contributed by atoms with Gasteiger partial charge in [0, 0.05) is 29.5 Å². The molecule has 0 aliphatic rings. The minimum absolute atomic E-state index is 0.671. The van der Waals surface area contributed by atoms with Crippen LogP contribution in [-0.4, -0.2) is 33.5 Å². The minimum Gasteiger partial charge on any atom is -0.385 e. The lowest BCUT2D eigenvalue weighted by Crippen LogP contribution is -2.08. The van der Waals surface area contributed by atoms with Crippen molar-refractivity contribution in [1.29, 1.82) is 0 Å². The lowest BCUT2D eigenvalue weighted by atomic mass is 10.3. The van der Waals surface area contributed by atoms with Gasteiger partial charge in [-0.25, -0.2) is 0 Å². The predicted octanol–water partition coefficient (Wildman–Crippen LogP) is 2.76. The van der Waals surface area contributed by atoms with E-state index in [-0.39, 0.29) is 0 Å². The van der Waals surface area contributed by atoms with Crippen LogP contribution in [0.2, 0.25) is 0 Å². The molecular weight excluding hydrogens is 317 g/mol. The average Bonchev–Trinajstić information content (AvgIpc) is 2.30. The Bertz CT molecular complexity index is 277. The Morgan fingerprint density at radius 1 is 1.12 bits per heavy atom. The SMILES string of the molecule is COCCOCCCNc1ccc(I)cc1. The van der Waals surface area contributed by atoms with Gasteiger partial charge in [0.15, 0.2) is 0 Å². The van der Waals surface area contributed by atoms with Gasteiger partial charge in [-0.3, -0.25) is 0 Å². The Morgan fingerprint density at radius 2 is 1.88 bits per heavy atom. The monoisotopic (exact) mass is 335 g/mol. The second-order valence-electron chi connectivity index (χ2n) is 3.39. The summed E-state index contributed by atoms with van der Waals surface area (Å²) in [6.45, 7) is 3.07. The highest BCUT2D eigenvalue weighted by Gasteiger charge is 1.92. The fraction of sp³-hybridized carbons (Fsp3) is 0.500. The number of anilines is 1. The largest absolute Gasteiger partial charge is 0.385 e. The maximum atomic E-state index is 5.36. The first-order valence-corrected chi connectivity index (χ1v) is 6.47. The zero-order valence-corrected chi connectivity index (χ0v) is 11.7. The molecule has 0 fully saturated rings. The van der Waals surface area contributed by atoms with Gasteiger partial charge in [-0.15, -0.1) is 0 Å². The van der Waals surface area contributed by atoms with E-state index in [0.29, 0.717) is 13.2 Å². The van der Waals surface area contributed by atoms with Gasteiger partial charge < -0.3 is 14.8 Å². The van der Waals surface area contributed by atoms with Crippen molar-refractivity contribution in [3.63, 3.8) is 0 Å². The smallest absolute Gasteiger partial charge is 0.0700 e. The van der Waals surface area contributed by atoms with Gasteiger partial charge in [-0.05, 0) is 53.3 Å². The molecule has 0 saturated carbocycles. The van der Waals surface area contributed by atoms with E-state index in [2.05, 4.69) is 52.2 Å². The third-order valence-corrected chi connectivity index (χ3v) is 2.79. The molecule has 16 heavy (non-hydrogen) atoms. The number of hydrogen-bond donors (Lipinski definition) is 1. The van der Waals surface area contributed by atoms with E-state index in [1.165, 1.54) is 3.57 Å². The summed E-state index contributed by atoms with van der Waals surface area (Å²) < 4.78 is 11.5. The zero-order chi connectivity index (χ0) is 11.6. The molecule has 0 radical (unpaired) electrons. The van der Waals surface area contributed by atoms with Gasteiger partial charge in [0.2, 0.25) is 0 Å². The van der Waals surface area contributed by atoms with Gasteiger partial charge >= 0.3 is 0 Å². The van der Waals surface area contributed by atoms with E-state index in [9.17, 15) is 0 Å². The van der Waals surface area contributed by atoms with Crippen molar-refractivity contribution in [1.82, 2.24) is 0 Å². The Hall–Kier alpha value is -0.330. The highest BCUT2D eigenvalue weighted by molar-refractivity contribution is 14.1. The van der Waals surface area contributed by atoms with Crippen LogP contribution in [0, 0.1) is 3.57 Å². The second-order valence-corrected chi connectivity index (χ2v) is 4.64. The first-order chi connectivity index (χ1) is 7.83. The molecule has 0 unspecified atom stereocenters. The van der Waals surface area contributed by atoms with Crippen molar-refractivity contribution >= 4 is 28.3 Å². The van der Waals surface area contributed by atoms with Crippen molar-refractivity contribution in [3.8, 4) is 0 Å². The molecule has 1 N–H and O–H groups in total. The minimum atomic E-state index is 0.671. The van der Waals surface area contributed by atoms with Crippen LogP contribution in [0.5, 0.6) is 0 Å². The Morgan fingerprint density at radius 3 is 2.56 bits per heavy atom. The van der Waals surface area contributed by atoms with Gasteiger partial charge in [0.1, 0.15) is 0 Å². The van der Waals surface area contributed by atoms with Crippen LogP contribution in [0.3, 0.4) is 0 Å². The number of methoxy groups -OCH3 is 1. The molecule has 90 valence electrons. The van der Waals surface area contributed by atoms with Crippen molar-refractivity contribution in [2.24, 2.45) is 0 Å². The molecule has 0 heterocycles. The second kappa shape index (κ2) is 8.78. The van der Waals surface area contributed by atoms with E-state index in [1.54, 1.807) is 7.11 Å². The quantitative estimate of drug-likeness (QED) is 0.585. The number of halogens is 1. The van der Waals surface area contributed by atoms with E-state index in [0.717, 1.165) is 25.3 Å². The maximum absolute atomic E-state index is 5.36. The van der Waals surface area contributed by atoms with E-state index >= 15 is 0 Å². The molecule has 1 aromatic rings. The van der Waals surface area contributed by atoms with Crippen LogP contribution in [-0.2, 0) is 9.47 Å². The van der Waals surface area contributed by atoms with Crippen molar-refractivity contribution in [2.75, 3.05) is 38.8 Å². The molecule has 0 atom stereocenters. The molecule has 0 aromatic heterocycles. The average molecular weight is 335 g/mol. The van der Waals surface area contributed by atoms with Gasteiger partial charge in [-0.2, -0.15) is 0 Å². The summed E-state index contributed by atoms with van der Waals surface area (Å²) in [6.07, 6.45) is 1.01. The molecule has 3 nitrogen and oxygen atoms in total. The van der Waals surface area contributed by atoms with E-state index in [1.807, 2.05) is 0 Å². The first kappa shape index (κ1) is 13.7. The Labute approximate surface area is 111 Å². The number of ether oxygens (including phenoxy) is 2. The number of benzene rings is 1. The topological polar surface area (TPSA) is 30.5 Å². The summed E-state index contributed by atoms with van der Waals surface area (Å²) in [5, 5.41) is 3.35. The molecule has 1 aromatic carbocycles. The van der Waals surface area contributed by atoms with Crippen molar-refractivity contribution < 1.29 is 9.47 Å². The predicted molar refractivity (Wildman–Crippen MR) is 75.0 cm³/mol. The molecule has 0 amide bonds. The highest BCUT2D eigenvalue weighted by Crippen LogP contribution is 2.10. The summed E-state index contributed by atoms with van der Waals surface area (Å²) >= 11 is 2.30. The lowest BCUT2D eigenvalue weighted by molar-refractivity contribution is 0.0705. The maximum Gasteiger partial charge on any atom is 0.0700 e. The summed E-state index contributed by atoms with van der Waals surface area (Å²) in [7, 11) is 1.68. The third-order valence-electron chi connectivity index (χ3n) is 2.07. The van der Waals surface area contributed by atoms with Gasteiger partial charge in [0.05, 0.1) is 13.2 Å². The van der Waals surface area contributed by atoms with Crippen LogP contribution in [0.1, 0.15) is 6.42 Å². The summed E-state index contributed by atoms with van der Waals surface area (Å²) in [4.78, 5) is 0. The van der Waals surface area contributed by atoms with E-state index < -0.39 is 0 Å². The van der Waals surface area contributed by atoms with Gasteiger partial charge in [0.25, 0.3) is 0 Å². The molecular formula is C12H18INO2. The third kappa shape index (κ3) is 6.30. The summed E-state index contributed by atoms with van der Waals surface area (Å²) in [5.74, 6) is 0. The van der Waals surface area contributed by atoms with Gasteiger partial charge in [-0.1, -0.05) is 0 Å². The normalized spacial score (nSPS) is 10.4. The van der Waals surface area contributed by atoms with Crippen molar-refractivity contribution in [2.45, 2.75) is 6.42 Å². The molecule has 0 saturated heterocycles. The molecule has 4 heteroatoms. The Balaban J connectivity index is 2.01. The molecule has 0 spiro atoms. The number of rotatable bonds is 8. The zero-order valence-electron chi connectivity index (χ0n) is 9.54. The molecule has 0 aliphatic heterocycles. The van der Waals surface area contributed by atoms with Crippen LogP contribution in [0.15, 0.2) is 24.3 Å². The van der Waals surface area contributed by atoms with Crippen molar-refractivity contribution in [3.05, 3.63) is 27.8 Å². The number of nitrogens with one attached hydrogen (secondary N) is 1. The fourth-order valence-electron chi connectivity index (χ4n) is 1.22. The van der Waals surface area contributed by atoms with Crippen LogP contribution >= 0.6 is 22.6 Å².